The van der Waals surface area contributed by atoms with Crippen molar-refractivity contribution in [1.82, 2.24) is 9.80 Å². The van der Waals surface area contributed by atoms with Crippen LogP contribution in [0.1, 0.15) is 20.8 Å². The van der Waals surface area contributed by atoms with Crippen molar-refractivity contribution in [3.63, 3.8) is 0 Å². The first kappa shape index (κ1) is 22.8. The Kier molecular flexibility index (Phi) is 6.81. The summed E-state index contributed by atoms with van der Waals surface area (Å²) in [5, 5.41) is 4.73. The van der Waals surface area contributed by atoms with E-state index in [1.807, 2.05) is 46.7 Å². The monoisotopic (exact) mass is 494 g/mol. The van der Waals surface area contributed by atoms with Gasteiger partial charge in [-0.05, 0) is 46.5 Å². The molecule has 2 heterocycles. The van der Waals surface area contributed by atoms with Gasteiger partial charge in [-0.15, -0.1) is 11.3 Å². The molecule has 4 aromatic rings. The molecule has 0 bridgehead atoms. The first-order valence-electron chi connectivity index (χ1n) is 11.2. The number of amides is 1. The minimum absolute atomic E-state index is 0.0329. The second kappa shape index (κ2) is 10.1. The third-order valence-electron chi connectivity index (χ3n) is 6.09. The molecule has 0 aliphatic carbocycles. The number of benzene rings is 3. The van der Waals surface area contributed by atoms with Gasteiger partial charge >= 0.3 is 0 Å². The van der Waals surface area contributed by atoms with Crippen LogP contribution in [0.5, 0.6) is 5.75 Å². The summed E-state index contributed by atoms with van der Waals surface area (Å²) in [5.74, 6) is 0.553. The lowest BCUT2D eigenvalue weighted by Gasteiger charge is -2.34. The Morgan fingerprint density at radius 2 is 1.76 bits per heavy atom. The molecule has 7 heteroatoms. The minimum atomic E-state index is -0.289. The van der Waals surface area contributed by atoms with Crippen LogP contribution in [0.15, 0.2) is 72.1 Å². The molecule has 34 heavy (non-hydrogen) atoms. The van der Waals surface area contributed by atoms with Gasteiger partial charge in [-0.25, -0.2) is 4.39 Å². The fourth-order valence-corrected chi connectivity index (χ4v) is 5.25. The number of ether oxygens (including phenoxy) is 1. The summed E-state index contributed by atoms with van der Waals surface area (Å²) in [5.41, 5.74) is 1.49. The van der Waals surface area contributed by atoms with Crippen molar-refractivity contribution in [3.05, 3.63) is 99.0 Å². The normalized spacial score (nSPS) is 14.5. The first-order chi connectivity index (χ1) is 16.6. The zero-order chi connectivity index (χ0) is 23.5. The van der Waals surface area contributed by atoms with Crippen LogP contribution in [0.3, 0.4) is 0 Å². The number of carbonyl (C=O) groups is 1. The molecular weight excluding hydrogens is 471 g/mol. The van der Waals surface area contributed by atoms with Gasteiger partial charge in [0, 0.05) is 48.9 Å². The van der Waals surface area contributed by atoms with Gasteiger partial charge in [0.1, 0.15) is 18.2 Å². The van der Waals surface area contributed by atoms with Crippen LogP contribution in [0.2, 0.25) is 5.02 Å². The number of hydrogen-bond acceptors (Lipinski definition) is 4. The Morgan fingerprint density at radius 1 is 0.971 bits per heavy atom. The van der Waals surface area contributed by atoms with Crippen LogP contribution in [0, 0.1) is 5.82 Å². The van der Waals surface area contributed by atoms with E-state index < -0.39 is 0 Å². The molecule has 174 valence electrons. The number of nitrogens with zero attached hydrogens (tertiary/aromatic N) is 2. The number of hydrogen-bond donors (Lipinski definition) is 0. The van der Waals surface area contributed by atoms with Crippen molar-refractivity contribution in [2.24, 2.45) is 0 Å². The molecule has 1 amide bonds. The van der Waals surface area contributed by atoms with Gasteiger partial charge in [0.2, 0.25) is 0 Å². The molecule has 4 nitrogen and oxygen atoms in total. The zero-order valence-corrected chi connectivity index (χ0v) is 20.1. The van der Waals surface area contributed by atoms with Crippen LogP contribution in [0.25, 0.3) is 10.8 Å². The number of rotatable bonds is 6. The predicted molar refractivity (Wildman–Crippen MR) is 135 cm³/mol. The molecule has 0 N–H and O–H groups in total. The second-order valence-electron chi connectivity index (χ2n) is 8.39. The fourth-order valence-electron chi connectivity index (χ4n) is 4.16. The van der Waals surface area contributed by atoms with Gasteiger partial charge in [-0.2, -0.15) is 0 Å². The molecule has 5 rings (SSSR count). The molecule has 1 fully saturated rings. The Morgan fingerprint density at radius 3 is 2.56 bits per heavy atom. The van der Waals surface area contributed by atoms with Gasteiger partial charge in [-0.3, -0.25) is 9.69 Å². The topological polar surface area (TPSA) is 32.8 Å². The Bertz CT molecular complexity index is 1300. The van der Waals surface area contributed by atoms with Crippen molar-refractivity contribution >= 4 is 39.6 Å². The molecule has 1 aliphatic heterocycles. The van der Waals surface area contributed by atoms with E-state index in [9.17, 15) is 9.18 Å². The van der Waals surface area contributed by atoms with Gasteiger partial charge in [0.05, 0.1) is 4.88 Å². The fraction of sp³-hybridized carbons (Fsp3) is 0.222. The Balaban J connectivity index is 1.15. The maximum absolute atomic E-state index is 14.1. The summed E-state index contributed by atoms with van der Waals surface area (Å²) in [6, 6.07) is 20.9. The SMILES string of the molecule is O=C(c1cc(COc2ccc3ccccc3c2)cs1)N1CCN(Cc2c(F)cccc2Cl)CC1. The first-order valence-corrected chi connectivity index (χ1v) is 12.5. The predicted octanol–water partition coefficient (Wildman–Crippen LogP) is 6.23. The van der Waals surface area contributed by atoms with Gasteiger partial charge in [-0.1, -0.05) is 48.0 Å². The van der Waals surface area contributed by atoms with E-state index in [4.69, 9.17) is 16.3 Å². The maximum atomic E-state index is 14.1. The lowest BCUT2D eigenvalue weighted by atomic mass is 10.1. The van der Waals surface area contributed by atoms with Gasteiger partial charge < -0.3 is 9.64 Å². The van der Waals surface area contributed by atoms with Crippen molar-refractivity contribution in [1.29, 1.82) is 0 Å². The molecule has 0 unspecified atom stereocenters. The van der Waals surface area contributed by atoms with E-state index in [2.05, 4.69) is 17.0 Å². The molecule has 1 saturated heterocycles. The number of thiophene rings is 1. The molecular formula is C27H24ClFN2O2S. The second-order valence-corrected chi connectivity index (χ2v) is 9.70. The molecule has 1 aliphatic rings. The Labute approximate surface area is 207 Å². The smallest absolute Gasteiger partial charge is 0.264 e. The average Bonchev–Trinajstić information content (AvgIpc) is 3.34. The van der Waals surface area contributed by atoms with Crippen LogP contribution >= 0.6 is 22.9 Å². The van der Waals surface area contributed by atoms with E-state index in [1.165, 1.54) is 22.8 Å². The lowest BCUT2D eigenvalue weighted by Crippen LogP contribution is -2.48. The molecule has 0 radical (unpaired) electrons. The highest BCUT2D eigenvalue weighted by atomic mass is 35.5. The average molecular weight is 495 g/mol. The third-order valence-corrected chi connectivity index (χ3v) is 7.42. The van der Waals surface area contributed by atoms with Crippen LogP contribution in [-0.4, -0.2) is 41.9 Å². The van der Waals surface area contributed by atoms with Crippen molar-refractivity contribution < 1.29 is 13.9 Å². The van der Waals surface area contributed by atoms with Crippen LogP contribution in [-0.2, 0) is 13.2 Å². The summed E-state index contributed by atoms with van der Waals surface area (Å²) < 4.78 is 20.1. The zero-order valence-electron chi connectivity index (χ0n) is 18.5. The van der Waals surface area contributed by atoms with E-state index in [-0.39, 0.29) is 11.7 Å². The number of halogens is 2. The summed E-state index contributed by atoms with van der Waals surface area (Å²) in [6.45, 7) is 3.43. The van der Waals surface area contributed by atoms with E-state index >= 15 is 0 Å². The number of carbonyl (C=O) groups excluding carboxylic acids is 1. The quantitative estimate of drug-likeness (QED) is 0.318. The van der Waals surface area contributed by atoms with E-state index in [0.29, 0.717) is 54.8 Å². The standard InChI is InChI=1S/C27H24ClFN2O2S/c28-24-6-3-7-25(29)23(24)16-30-10-12-31(13-11-30)27(32)26-14-19(18-34-26)17-33-22-9-8-20-4-1-2-5-21(20)15-22/h1-9,14-15,18H,10-13,16-17H2. The molecule has 0 saturated carbocycles. The molecule has 0 spiro atoms. The lowest BCUT2D eigenvalue weighted by molar-refractivity contribution is 0.0631. The van der Waals surface area contributed by atoms with Crippen LogP contribution < -0.4 is 4.74 Å². The number of piperazine rings is 1. The van der Waals surface area contributed by atoms with E-state index in [1.54, 1.807) is 12.1 Å². The summed E-state index contributed by atoms with van der Waals surface area (Å²) in [6.07, 6.45) is 0. The number of fused-ring (bicyclic) bond motifs is 1. The van der Waals surface area contributed by atoms with Crippen molar-refractivity contribution in [2.75, 3.05) is 26.2 Å². The largest absolute Gasteiger partial charge is 0.489 e. The molecule has 3 aromatic carbocycles. The van der Waals surface area contributed by atoms with E-state index in [0.717, 1.165) is 16.7 Å². The molecule has 1 aromatic heterocycles. The minimum Gasteiger partial charge on any atom is -0.489 e. The highest BCUT2D eigenvalue weighted by Gasteiger charge is 2.24. The van der Waals surface area contributed by atoms with Crippen molar-refractivity contribution in [2.45, 2.75) is 13.2 Å². The highest BCUT2D eigenvalue weighted by molar-refractivity contribution is 7.12. The third kappa shape index (κ3) is 5.09. The summed E-state index contributed by atoms with van der Waals surface area (Å²) >= 11 is 7.61. The summed E-state index contributed by atoms with van der Waals surface area (Å²) in [4.78, 5) is 17.7. The maximum Gasteiger partial charge on any atom is 0.264 e. The Hall–Kier alpha value is -2.93. The van der Waals surface area contributed by atoms with Crippen LogP contribution in [0.4, 0.5) is 4.39 Å². The summed E-state index contributed by atoms with van der Waals surface area (Å²) in [7, 11) is 0. The van der Waals surface area contributed by atoms with Gasteiger partial charge in [0.15, 0.2) is 0 Å². The highest BCUT2D eigenvalue weighted by Crippen LogP contribution is 2.24. The van der Waals surface area contributed by atoms with Crippen molar-refractivity contribution in [3.8, 4) is 5.75 Å². The van der Waals surface area contributed by atoms with Gasteiger partial charge in [0.25, 0.3) is 5.91 Å². The molecule has 0 atom stereocenters.